The van der Waals surface area contributed by atoms with E-state index < -0.39 is 0 Å². The van der Waals surface area contributed by atoms with Crippen molar-refractivity contribution in [3.8, 4) is 5.75 Å². The first kappa shape index (κ1) is 10.4. The van der Waals surface area contributed by atoms with Crippen LogP contribution in [0, 0.1) is 0 Å². The Bertz CT molecular complexity index is 473. The van der Waals surface area contributed by atoms with Crippen LogP contribution in [0.2, 0.25) is 0 Å². The van der Waals surface area contributed by atoms with Crippen molar-refractivity contribution >= 4 is 27.0 Å². The van der Waals surface area contributed by atoms with Crippen molar-refractivity contribution in [1.82, 2.24) is 9.97 Å². The van der Waals surface area contributed by atoms with Crippen molar-refractivity contribution in [3.63, 3.8) is 0 Å². The number of aromatic nitrogens is 2. The van der Waals surface area contributed by atoms with Crippen molar-refractivity contribution in [2.24, 2.45) is 0 Å². The minimum Gasteiger partial charge on any atom is -0.491 e. The van der Waals surface area contributed by atoms with Crippen LogP contribution in [-0.2, 0) is 0 Å². The third-order valence-electron chi connectivity index (χ3n) is 1.97. The van der Waals surface area contributed by atoms with E-state index in [2.05, 4.69) is 32.8 Å². The van der Waals surface area contributed by atoms with Crippen LogP contribution >= 0.6 is 15.9 Å². The Morgan fingerprint density at radius 2 is 2.27 bits per heavy atom. The van der Waals surface area contributed by atoms with Gasteiger partial charge in [0.2, 0.25) is 0 Å². The van der Waals surface area contributed by atoms with Gasteiger partial charge in [0, 0.05) is 22.9 Å². The molecule has 0 saturated carbocycles. The lowest BCUT2D eigenvalue weighted by atomic mass is 10.3. The van der Waals surface area contributed by atoms with E-state index >= 15 is 0 Å². The third-order valence-corrected chi connectivity index (χ3v) is 2.40. The minimum absolute atomic E-state index is 0.705. The van der Waals surface area contributed by atoms with E-state index in [0.717, 1.165) is 27.7 Å². The molecule has 0 aromatic carbocycles. The first-order valence-electron chi connectivity index (χ1n) is 4.84. The molecule has 2 aromatic rings. The lowest BCUT2D eigenvalue weighted by molar-refractivity contribution is 0.320. The first-order valence-corrected chi connectivity index (χ1v) is 5.63. The molecule has 0 amide bonds. The van der Waals surface area contributed by atoms with Crippen LogP contribution in [0.4, 0.5) is 0 Å². The Morgan fingerprint density at radius 3 is 3.07 bits per heavy atom. The van der Waals surface area contributed by atoms with Crippen LogP contribution < -0.4 is 4.74 Å². The van der Waals surface area contributed by atoms with E-state index in [-0.39, 0.29) is 0 Å². The molecule has 0 bridgehead atoms. The van der Waals surface area contributed by atoms with Crippen molar-refractivity contribution in [1.29, 1.82) is 0 Å². The predicted molar refractivity (Wildman–Crippen MR) is 63.0 cm³/mol. The lowest BCUT2D eigenvalue weighted by Crippen LogP contribution is -1.97. The van der Waals surface area contributed by atoms with E-state index in [1.807, 2.05) is 12.1 Å². The topological polar surface area (TPSA) is 35.0 Å². The van der Waals surface area contributed by atoms with Crippen LogP contribution in [0.25, 0.3) is 11.0 Å². The number of halogens is 1. The molecule has 0 atom stereocenters. The standard InChI is InChI=1S/C11H11BrN2O/c1-2-5-15-10-3-4-13-9-6-8(12)7-14-11(9)10/h3-4,6-7H,2,5H2,1H3. The largest absolute Gasteiger partial charge is 0.491 e. The smallest absolute Gasteiger partial charge is 0.148 e. The summed E-state index contributed by atoms with van der Waals surface area (Å²) in [5, 5.41) is 0. The summed E-state index contributed by atoms with van der Waals surface area (Å²) in [6.07, 6.45) is 4.48. The Kier molecular flexibility index (Phi) is 3.16. The zero-order valence-corrected chi connectivity index (χ0v) is 9.99. The summed E-state index contributed by atoms with van der Waals surface area (Å²) in [7, 11) is 0. The molecule has 0 N–H and O–H groups in total. The summed E-state index contributed by atoms with van der Waals surface area (Å²) in [6.45, 7) is 2.78. The Labute approximate surface area is 96.6 Å². The van der Waals surface area contributed by atoms with E-state index in [9.17, 15) is 0 Å². The van der Waals surface area contributed by atoms with Crippen molar-refractivity contribution in [2.75, 3.05) is 6.61 Å². The van der Waals surface area contributed by atoms with Gasteiger partial charge in [0.15, 0.2) is 0 Å². The van der Waals surface area contributed by atoms with Gasteiger partial charge in [-0.15, -0.1) is 0 Å². The zero-order chi connectivity index (χ0) is 10.7. The van der Waals surface area contributed by atoms with Crippen LogP contribution in [0.1, 0.15) is 13.3 Å². The number of pyridine rings is 2. The van der Waals surface area contributed by atoms with Crippen LogP contribution in [0.3, 0.4) is 0 Å². The van der Waals surface area contributed by atoms with Gasteiger partial charge in [-0.2, -0.15) is 0 Å². The molecule has 15 heavy (non-hydrogen) atoms. The van der Waals surface area contributed by atoms with Crippen molar-refractivity contribution in [2.45, 2.75) is 13.3 Å². The molecule has 3 nitrogen and oxygen atoms in total. The van der Waals surface area contributed by atoms with Crippen LogP contribution in [0.5, 0.6) is 5.75 Å². The third kappa shape index (κ3) is 2.26. The molecule has 0 spiro atoms. The van der Waals surface area contributed by atoms with Crippen molar-refractivity contribution < 1.29 is 4.74 Å². The maximum atomic E-state index is 5.59. The monoisotopic (exact) mass is 266 g/mol. The second-order valence-corrected chi connectivity index (χ2v) is 4.09. The minimum atomic E-state index is 0.705. The molecule has 4 heteroatoms. The Balaban J connectivity index is 2.46. The maximum absolute atomic E-state index is 5.59. The Morgan fingerprint density at radius 1 is 1.40 bits per heavy atom. The molecule has 0 fully saturated rings. The van der Waals surface area contributed by atoms with Crippen LogP contribution in [-0.4, -0.2) is 16.6 Å². The predicted octanol–water partition coefficient (Wildman–Crippen LogP) is 3.18. The molecule has 2 heterocycles. The fourth-order valence-electron chi connectivity index (χ4n) is 1.31. The quantitative estimate of drug-likeness (QED) is 0.856. The average molecular weight is 267 g/mol. The van der Waals surface area contributed by atoms with Gasteiger partial charge in [-0.05, 0) is 28.4 Å². The fourth-order valence-corrected chi connectivity index (χ4v) is 1.63. The van der Waals surface area contributed by atoms with Gasteiger partial charge < -0.3 is 4.74 Å². The number of hydrogen-bond donors (Lipinski definition) is 0. The number of nitrogens with zero attached hydrogens (tertiary/aromatic N) is 2. The molecule has 2 rings (SSSR count). The summed E-state index contributed by atoms with van der Waals surface area (Å²) >= 11 is 3.37. The molecule has 0 radical (unpaired) electrons. The molecule has 2 aromatic heterocycles. The van der Waals surface area contributed by atoms with Gasteiger partial charge in [-0.1, -0.05) is 6.92 Å². The maximum Gasteiger partial charge on any atom is 0.148 e. The second kappa shape index (κ2) is 4.57. The molecule has 0 saturated heterocycles. The highest BCUT2D eigenvalue weighted by molar-refractivity contribution is 9.10. The summed E-state index contributed by atoms with van der Waals surface area (Å²) in [6, 6.07) is 3.78. The van der Waals surface area contributed by atoms with E-state index in [4.69, 9.17) is 4.74 Å². The summed E-state index contributed by atoms with van der Waals surface area (Å²) < 4.78 is 6.52. The average Bonchev–Trinajstić information content (AvgIpc) is 2.25. The number of hydrogen-bond acceptors (Lipinski definition) is 3. The highest BCUT2D eigenvalue weighted by atomic mass is 79.9. The summed E-state index contributed by atoms with van der Waals surface area (Å²) in [5.74, 6) is 0.800. The SMILES string of the molecule is CCCOc1ccnc2cc(Br)cnc12. The van der Waals surface area contributed by atoms with E-state index in [1.54, 1.807) is 12.4 Å². The molecular formula is C11H11BrN2O. The van der Waals surface area contributed by atoms with Crippen molar-refractivity contribution in [3.05, 3.63) is 29.0 Å². The van der Waals surface area contributed by atoms with Gasteiger partial charge in [0.25, 0.3) is 0 Å². The number of ether oxygens (including phenoxy) is 1. The van der Waals surface area contributed by atoms with Gasteiger partial charge in [0.05, 0.1) is 12.1 Å². The molecule has 0 aliphatic rings. The summed E-state index contributed by atoms with van der Waals surface area (Å²) in [5.41, 5.74) is 1.66. The molecular weight excluding hydrogens is 256 g/mol. The summed E-state index contributed by atoms with van der Waals surface area (Å²) in [4.78, 5) is 8.54. The molecule has 78 valence electrons. The van der Waals surface area contributed by atoms with Crippen LogP contribution in [0.15, 0.2) is 29.0 Å². The molecule has 0 aliphatic heterocycles. The first-order chi connectivity index (χ1) is 7.31. The molecule has 0 unspecified atom stereocenters. The Hall–Kier alpha value is -1.16. The van der Waals surface area contributed by atoms with Gasteiger partial charge in [-0.25, -0.2) is 4.98 Å². The van der Waals surface area contributed by atoms with Gasteiger partial charge >= 0.3 is 0 Å². The fraction of sp³-hybridized carbons (Fsp3) is 0.273. The highest BCUT2D eigenvalue weighted by Gasteiger charge is 2.04. The van der Waals surface area contributed by atoms with E-state index in [0.29, 0.717) is 6.61 Å². The lowest BCUT2D eigenvalue weighted by Gasteiger charge is -2.06. The number of rotatable bonds is 3. The number of fused-ring (bicyclic) bond motifs is 1. The van der Waals surface area contributed by atoms with E-state index in [1.165, 1.54) is 0 Å². The van der Waals surface area contributed by atoms with Gasteiger partial charge in [-0.3, -0.25) is 4.98 Å². The second-order valence-electron chi connectivity index (χ2n) is 3.18. The highest BCUT2D eigenvalue weighted by Crippen LogP contribution is 2.23. The zero-order valence-electron chi connectivity index (χ0n) is 8.40. The molecule has 0 aliphatic carbocycles. The van der Waals surface area contributed by atoms with Gasteiger partial charge in [0.1, 0.15) is 11.3 Å². The normalized spacial score (nSPS) is 10.5.